The second kappa shape index (κ2) is 22.2. The van der Waals surface area contributed by atoms with Crippen molar-refractivity contribution in [2.24, 2.45) is 5.92 Å². The first-order valence-electron chi connectivity index (χ1n) is 23.8. The molecule has 0 fully saturated rings. The number of carboxylic acids is 1. The van der Waals surface area contributed by atoms with Crippen LogP contribution in [0.1, 0.15) is 93.2 Å². The summed E-state index contributed by atoms with van der Waals surface area (Å²) >= 11 is 0. The molecule has 2 aromatic heterocycles. The van der Waals surface area contributed by atoms with Gasteiger partial charge in [0, 0.05) is 60.3 Å². The van der Waals surface area contributed by atoms with Gasteiger partial charge in [0.1, 0.15) is 37.2 Å². The van der Waals surface area contributed by atoms with E-state index in [9.17, 15) is 58.2 Å². The lowest BCUT2D eigenvalue weighted by Gasteiger charge is -2.31. The number of halogens is 1. The highest BCUT2D eigenvalue weighted by Crippen LogP contribution is 2.40. The fraction of sp³-hybridized carbons (Fsp3) is 0.392. The van der Waals surface area contributed by atoms with Gasteiger partial charge in [-0.2, -0.15) is 0 Å². The van der Waals surface area contributed by atoms with E-state index in [1.165, 1.54) is 35.8 Å². The number of aromatic nitrogens is 2. The molecule has 0 saturated carbocycles. The van der Waals surface area contributed by atoms with E-state index in [-0.39, 0.29) is 81.3 Å². The van der Waals surface area contributed by atoms with Crippen molar-refractivity contribution in [1.82, 2.24) is 35.7 Å². The van der Waals surface area contributed by atoms with E-state index in [4.69, 9.17) is 14.5 Å². The van der Waals surface area contributed by atoms with Gasteiger partial charge in [-0.3, -0.25) is 43.3 Å². The van der Waals surface area contributed by atoms with Crippen LogP contribution in [0.25, 0.3) is 22.3 Å². The smallest absolute Gasteiger partial charge is 0.407 e. The number of nitrogens with zero attached hydrogens (tertiary/aromatic N) is 3. The molecule has 3 aliphatic rings. The van der Waals surface area contributed by atoms with Crippen LogP contribution in [0, 0.1) is 18.7 Å². The highest BCUT2D eigenvalue weighted by Gasteiger charge is 2.45. The highest BCUT2D eigenvalue weighted by molar-refractivity contribution is 6.13. The van der Waals surface area contributed by atoms with Crippen molar-refractivity contribution in [3.63, 3.8) is 0 Å². The van der Waals surface area contributed by atoms with Crippen molar-refractivity contribution in [3.8, 4) is 11.4 Å². The van der Waals surface area contributed by atoms with E-state index in [0.29, 0.717) is 44.5 Å². The first-order chi connectivity index (χ1) is 35.1. The summed E-state index contributed by atoms with van der Waals surface area (Å²) < 4.78 is 27.2. The van der Waals surface area contributed by atoms with Gasteiger partial charge in [-0.05, 0) is 86.1 Å². The van der Waals surface area contributed by atoms with E-state index >= 15 is 4.39 Å². The maximum Gasteiger partial charge on any atom is 0.407 e. The van der Waals surface area contributed by atoms with Gasteiger partial charge in [-0.25, -0.2) is 19.0 Å². The van der Waals surface area contributed by atoms with Crippen LogP contribution in [0.15, 0.2) is 59.4 Å². The molecule has 7 N–H and O–H groups in total. The van der Waals surface area contributed by atoms with Crippen molar-refractivity contribution < 1.29 is 67.2 Å². The molecule has 22 nitrogen and oxygen atoms in total. The minimum absolute atomic E-state index is 0.00896. The maximum absolute atomic E-state index is 15.1. The molecule has 5 heterocycles. The molecule has 0 saturated heterocycles. The molecule has 0 aliphatic carbocycles. The number of hydrogen-bond acceptors (Lipinski definition) is 14. The number of rotatable bonds is 20. The number of esters is 1. The number of carbonyl (C=O) groups is 9. The van der Waals surface area contributed by atoms with E-state index in [1.54, 1.807) is 32.0 Å². The summed E-state index contributed by atoms with van der Waals surface area (Å²) in [4.78, 5) is 133. The van der Waals surface area contributed by atoms with Crippen LogP contribution >= 0.6 is 0 Å². The van der Waals surface area contributed by atoms with Gasteiger partial charge in [-0.1, -0.05) is 32.9 Å². The van der Waals surface area contributed by atoms with Gasteiger partial charge in [0.25, 0.3) is 17.4 Å². The Labute approximate surface area is 422 Å². The number of cyclic esters (lactones) is 1. The second-order valence-electron chi connectivity index (χ2n) is 18.6. The summed E-state index contributed by atoms with van der Waals surface area (Å²) in [6, 6.07) is 6.72. The highest BCUT2D eigenvalue weighted by atomic mass is 19.1. The number of benzene rings is 2. The molecule has 23 heteroatoms. The molecule has 3 aliphatic heterocycles. The fourth-order valence-electron chi connectivity index (χ4n) is 8.81. The lowest BCUT2D eigenvalue weighted by Crippen LogP contribution is -2.55. The van der Waals surface area contributed by atoms with E-state index < -0.39 is 95.0 Å². The number of amides is 7. The topological polar surface area (TPSA) is 311 Å². The number of aryl methyl sites for hydroxylation is 1. The molecular weight excluding hydrogens is 968 g/mol. The summed E-state index contributed by atoms with van der Waals surface area (Å²) in [6.07, 6.45) is 0.344. The summed E-state index contributed by atoms with van der Waals surface area (Å²) in [5.74, 6) is -6.78. The number of alkyl carbamates (subject to hydrolysis) is 1. The number of fused-ring (bicyclic) bond motifs is 5. The molecule has 4 atom stereocenters. The third-order valence-corrected chi connectivity index (χ3v) is 12.9. The van der Waals surface area contributed by atoms with Crippen molar-refractivity contribution in [2.45, 2.75) is 117 Å². The molecule has 390 valence electrons. The fourth-order valence-corrected chi connectivity index (χ4v) is 8.81. The van der Waals surface area contributed by atoms with Gasteiger partial charge in [0.15, 0.2) is 5.60 Å². The van der Waals surface area contributed by atoms with Crippen LogP contribution in [-0.2, 0) is 79.7 Å². The normalized spacial score (nSPS) is 16.6. The zero-order valence-corrected chi connectivity index (χ0v) is 41.1. The molecule has 0 spiro atoms. The van der Waals surface area contributed by atoms with Crippen molar-refractivity contribution in [3.05, 3.63) is 104 Å². The zero-order valence-electron chi connectivity index (χ0n) is 41.1. The molecular formula is C51H55FN8O14. The lowest BCUT2D eigenvalue weighted by molar-refractivity contribution is -0.172. The zero-order chi connectivity index (χ0) is 53.8. The van der Waals surface area contributed by atoms with Crippen molar-refractivity contribution in [1.29, 1.82) is 0 Å². The number of nitrogens with one attached hydrogen (secondary N) is 5. The summed E-state index contributed by atoms with van der Waals surface area (Å²) in [7, 11) is 0. The van der Waals surface area contributed by atoms with Crippen molar-refractivity contribution in [2.75, 3.05) is 11.9 Å². The quantitative estimate of drug-likeness (QED) is 0.0435. The molecule has 0 radical (unpaired) electrons. The Hall–Kier alpha value is -8.34. The average Bonchev–Trinajstić information content (AvgIpc) is 3.89. The summed E-state index contributed by atoms with van der Waals surface area (Å²) in [5, 5.41) is 33.9. The standard InChI is InChI=1S/C51H55FN8O14/c1-6-51(72)34-20-39-44-32(22-60(39)48(69)33(34)24-73-49(51)70)31(30-19-35(52)26(4)18-37(30)57-44)21-53-50(71)74-23-28-7-9-29(10-8-28)55-46(67)36(11-14-43(64)65)58-45(66)27(5)54-47(68)38(17-25(2)3)56-40(61)15-16-59-41(62)12-13-42(59)63/h7-10,12-13,18-20,25,27,36,38,72H,6,11,14-17,21-24H2,1-5H3,(H,53,71)(H,54,68)(H,55,67)(H,56,61)(H,58,66)(H,64,65)/t27-,36-,38+,51-/m0/s1. The number of carbonyl (C=O) groups excluding carboxylic acids is 8. The Bertz CT molecular complexity index is 3060. The number of anilines is 1. The molecule has 7 amide bonds. The molecule has 0 bridgehead atoms. The molecule has 7 rings (SSSR count). The molecule has 2 aromatic carbocycles. The Morgan fingerprint density at radius 3 is 2.26 bits per heavy atom. The third kappa shape index (κ3) is 11.6. The van der Waals surface area contributed by atoms with Crippen LogP contribution in [0.4, 0.5) is 14.9 Å². The number of hydrogen-bond donors (Lipinski definition) is 7. The summed E-state index contributed by atoms with van der Waals surface area (Å²) in [6.45, 7) is 7.16. The Kier molecular flexibility index (Phi) is 16.0. The van der Waals surface area contributed by atoms with E-state index in [0.717, 1.165) is 17.1 Å². The number of carboxylic acid groups (broad SMARTS) is 1. The number of aliphatic carboxylic acids is 1. The Morgan fingerprint density at radius 2 is 1.59 bits per heavy atom. The number of aliphatic hydroxyl groups is 1. The summed E-state index contributed by atoms with van der Waals surface area (Å²) in [5.41, 5.74) is 0.752. The average molecular weight is 1020 g/mol. The lowest BCUT2D eigenvalue weighted by atomic mass is 9.86. The first kappa shape index (κ1) is 53.5. The van der Waals surface area contributed by atoms with E-state index in [1.807, 2.05) is 13.8 Å². The Balaban J connectivity index is 0.956. The minimum atomic E-state index is -2.05. The van der Waals surface area contributed by atoms with Crippen molar-refractivity contribution >= 4 is 70.1 Å². The number of pyridine rings is 2. The molecule has 0 unspecified atom stereocenters. The predicted octanol–water partition coefficient (Wildman–Crippen LogP) is 2.59. The van der Waals surface area contributed by atoms with Gasteiger partial charge in [0.2, 0.25) is 23.6 Å². The van der Waals surface area contributed by atoms with Crippen LogP contribution in [0.2, 0.25) is 0 Å². The predicted molar refractivity (Wildman–Crippen MR) is 260 cm³/mol. The van der Waals surface area contributed by atoms with Crippen LogP contribution in [0.3, 0.4) is 0 Å². The van der Waals surface area contributed by atoms with Crippen LogP contribution in [0.5, 0.6) is 0 Å². The second-order valence-corrected chi connectivity index (χ2v) is 18.6. The maximum atomic E-state index is 15.1. The van der Waals surface area contributed by atoms with Crippen LogP contribution in [-0.4, -0.2) is 103 Å². The molecule has 4 aromatic rings. The Morgan fingerprint density at radius 1 is 0.892 bits per heavy atom. The largest absolute Gasteiger partial charge is 0.481 e. The molecule has 74 heavy (non-hydrogen) atoms. The van der Waals surface area contributed by atoms with Gasteiger partial charge in [0.05, 0.1) is 29.0 Å². The van der Waals surface area contributed by atoms with Crippen LogP contribution < -0.4 is 32.1 Å². The minimum Gasteiger partial charge on any atom is -0.481 e. The van der Waals surface area contributed by atoms with Gasteiger partial charge < -0.3 is 50.8 Å². The number of imide groups is 1. The van der Waals surface area contributed by atoms with Gasteiger partial charge in [-0.15, -0.1) is 0 Å². The monoisotopic (exact) mass is 1020 g/mol. The van der Waals surface area contributed by atoms with Gasteiger partial charge >= 0.3 is 18.0 Å². The van der Waals surface area contributed by atoms with E-state index in [2.05, 4.69) is 26.6 Å². The SMILES string of the molecule is CC[C@@]1(O)C(=O)OCc2c1cc1n(c2=O)Cc2c-1nc1cc(C)c(F)cc1c2CNC(=O)OCc1ccc(NC(=O)[C@H](CCC(=O)O)NC(=O)[C@H](C)NC(=O)[C@@H](CC(C)C)NC(=O)CCN2C(=O)C=CC2=O)cc1. The first-order valence-corrected chi connectivity index (χ1v) is 23.8. The third-order valence-electron chi connectivity index (χ3n) is 12.9. The number of ether oxygens (including phenoxy) is 2.